The second-order valence-electron chi connectivity index (χ2n) is 7.08. The monoisotopic (exact) mass is 488 g/mol. The van der Waals surface area contributed by atoms with Crippen molar-refractivity contribution in [1.82, 2.24) is 10.2 Å². The zero-order chi connectivity index (χ0) is 18.2. The molecule has 3 rings (SSSR count). The van der Waals surface area contributed by atoms with Gasteiger partial charge in [0.05, 0.1) is 13.2 Å². The van der Waals surface area contributed by atoms with Crippen LogP contribution in [0.4, 0.5) is 5.69 Å². The first-order valence-corrected chi connectivity index (χ1v) is 9.88. The Hall–Kier alpha value is -1.22. The highest BCUT2D eigenvalue weighted by Gasteiger charge is 2.19. The molecular weight excluding hydrogens is 455 g/mol. The topological polar surface area (TPSA) is 58.1 Å². The van der Waals surface area contributed by atoms with E-state index in [0.717, 1.165) is 36.1 Å². The number of fused-ring (bicyclic) bond motifs is 1. The first kappa shape index (κ1) is 22.1. The number of benzene rings is 1. The third kappa shape index (κ3) is 6.71. The van der Waals surface area contributed by atoms with Gasteiger partial charge in [-0.25, -0.2) is 0 Å². The van der Waals surface area contributed by atoms with E-state index in [9.17, 15) is 0 Å². The van der Waals surface area contributed by atoms with E-state index in [0.29, 0.717) is 19.1 Å². The molecular formula is C20H33IN4O2. The molecule has 6 nitrogen and oxygen atoms in total. The average Bonchev–Trinajstić information content (AvgIpc) is 2.91. The minimum atomic E-state index is 0. The van der Waals surface area contributed by atoms with E-state index in [-0.39, 0.29) is 24.0 Å². The van der Waals surface area contributed by atoms with Gasteiger partial charge in [0, 0.05) is 31.8 Å². The van der Waals surface area contributed by atoms with Crippen LogP contribution in [0.5, 0.6) is 11.5 Å². The lowest BCUT2D eigenvalue weighted by molar-refractivity contribution is 0.185. The van der Waals surface area contributed by atoms with Crippen molar-refractivity contribution in [2.24, 2.45) is 10.9 Å². The molecule has 2 aliphatic heterocycles. The molecule has 2 aliphatic rings. The van der Waals surface area contributed by atoms with Crippen LogP contribution in [-0.4, -0.2) is 57.3 Å². The number of nitrogens with one attached hydrogen (secondary N) is 2. The van der Waals surface area contributed by atoms with Gasteiger partial charge in [0.1, 0.15) is 0 Å². The van der Waals surface area contributed by atoms with E-state index < -0.39 is 0 Å². The lowest BCUT2D eigenvalue weighted by Gasteiger charge is -2.32. The first-order valence-electron chi connectivity index (χ1n) is 9.88. The minimum Gasteiger partial charge on any atom is -0.490 e. The van der Waals surface area contributed by atoms with Crippen molar-refractivity contribution >= 4 is 35.6 Å². The van der Waals surface area contributed by atoms with Gasteiger partial charge >= 0.3 is 0 Å². The summed E-state index contributed by atoms with van der Waals surface area (Å²) in [5.74, 6) is 3.13. The fraction of sp³-hybridized carbons (Fsp3) is 0.650. The van der Waals surface area contributed by atoms with Gasteiger partial charge in [0.25, 0.3) is 0 Å². The van der Waals surface area contributed by atoms with Crippen LogP contribution in [0, 0.1) is 5.92 Å². The second-order valence-corrected chi connectivity index (χ2v) is 7.08. The highest BCUT2D eigenvalue weighted by Crippen LogP contribution is 2.32. The molecule has 1 fully saturated rings. The van der Waals surface area contributed by atoms with Crippen molar-refractivity contribution in [3.05, 3.63) is 18.2 Å². The highest BCUT2D eigenvalue weighted by molar-refractivity contribution is 14.0. The van der Waals surface area contributed by atoms with Gasteiger partial charge in [-0.15, -0.1) is 24.0 Å². The molecule has 0 amide bonds. The number of hydrogen-bond donors (Lipinski definition) is 2. The molecule has 152 valence electrons. The van der Waals surface area contributed by atoms with Crippen molar-refractivity contribution in [1.29, 1.82) is 0 Å². The number of rotatable bonds is 5. The van der Waals surface area contributed by atoms with Crippen LogP contribution < -0.4 is 20.1 Å². The standard InChI is InChI=1S/C20H32N4O2.HI/c1-3-9-24-10-7-16(8-11-24)15-22-20(21-2)23-17-5-6-18-19(14-17)26-13-4-12-25-18;/h5-6,14,16H,3-4,7-13,15H2,1-2H3,(H2,21,22,23);1H. The van der Waals surface area contributed by atoms with Gasteiger partial charge in [-0.3, -0.25) is 4.99 Å². The molecule has 0 aromatic heterocycles. The zero-order valence-electron chi connectivity index (χ0n) is 16.5. The number of anilines is 1. The molecule has 27 heavy (non-hydrogen) atoms. The molecule has 1 aromatic rings. The van der Waals surface area contributed by atoms with Gasteiger partial charge in [-0.2, -0.15) is 0 Å². The summed E-state index contributed by atoms with van der Waals surface area (Å²) in [6.07, 6.45) is 4.68. The van der Waals surface area contributed by atoms with Crippen LogP contribution in [0.3, 0.4) is 0 Å². The summed E-state index contributed by atoms with van der Waals surface area (Å²) >= 11 is 0. The second kappa shape index (κ2) is 11.6. The van der Waals surface area contributed by atoms with Crippen LogP contribution in [0.2, 0.25) is 0 Å². The number of ether oxygens (including phenoxy) is 2. The van der Waals surface area contributed by atoms with E-state index in [4.69, 9.17) is 9.47 Å². The van der Waals surface area contributed by atoms with Crippen LogP contribution in [0.1, 0.15) is 32.6 Å². The van der Waals surface area contributed by atoms with Gasteiger partial charge in [-0.1, -0.05) is 6.92 Å². The van der Waals surface area contributed by atoms with Gasteiger partial charge in [0.15, 0.2) is 17.5 Å². The lowest BCUT2D eigenvalue weighted by atomic mass is 9.97. The zero-order valence-corrected chi connectivity index (χ0v) is 18.8. The number of aliphatic imine (C=N–C) groups is 1. The number of guanidine groups is 1. The van der Waals surface area contributed by atoms with E-state index in [1.54, 1.807) is 0 Å². The fourth-order valence-corrected chi connectivity index (χ4v) is 3.53. The van der Waals surface area contributed by atoms with E-state index >= 15 is 0 Å². The Morgan fingerprint density at radius 3 is 2.63 bits per heavy atom. The molecule has 0 spiro atoms. The Labute approximate surface area is 180 Å². The average molecular weight is 488 g/mol. The molecule has 2 heterocycles. The van der Waals surface area contributed by atoms with Crippen LogP contribution in [0.15, 0.2) is 23.2 Å². The molecule has 2 N–H and O–H groups in total. The van der Waals surface area contributed by atoms with Crippen molar-refractivity contribution in [2.45, 2.75) is 32.6 Å². The smallest absolute Gasteiger partial charge is 0.195 e. The molecule has 0 atom stereocenters. The summed E-state index contributed by atoms with van der Waals surface area (Å²) in [6.45, 7) is 8.28. The molecule has 1 saturated heterocycles. The maximum Gasteiger partial charge on any atom is 0.195 e. The van der Waals surface area contributed by atoms with Crippen molar-refractivity contribution in [2.75, 3.05) is 51.8 Å². The maximum atomic E-state index is 5.76. The summed E-state index contributed by atoms with van der Waals surface area (Å²) in [4.78, 5) is 6.93. The Balaban J connectivity index is 0.00000261. The van der Waals surface area contributed by atoms with E-state index in [2.05, 4.69) is 27.4 Å². The molecule has 0 bridgehead atoms. The molecule has 1 aromatic carbocycles. The summed E-state index contributed by atoms with van der Waals surface area (Å²) in [7, 11) is 1.81. The number of hydrogen-bond acceptors (Lipinski definition) is 4. The van der Waals surface area contributed by atoms with Gasteiger partial charge < -0.3 is 25.0 Å². The third-order valence-corrected chi connectivity index (χ3v) is 5.04. The van der Waals surface area contributed by atoms with Crippen LogP contribution in [0.25, 0.3) is 0 Å². The molecule has 0 radical (unpaired) electrons. The maximum absolute atomic E-state index is 5.76. The van der Waals surface area contributed by atoms with E-state index in [1.807, 2.05) is 25.2 Å². The Kier molecular flexibility index (Phi) is 9.47. The van der Waals surface area contributed by atoms with Gasteiger partial charge in [-0.05, 0) is 56.9 Å². The van der Waals surface area contributed by atoms with Crippen LogP contribution >= 0.6 is 24.0 Å². The lowest BCUT2D eigenvalue weighted by Crippen LogP contribution is -2.40. The predicted octanol–water partition coefficient (Wildman–Crippen LogP) is 3.58. The molecule has 7 heteroatoms. The molecule has 0 unspecified atom stereocenters. The highest BCUT2D eigenvalue weighted by atomic mass is 127. The summed E-state index contributed by atoms with van der Waals surface area (Å²) < 4.78 is 11.4. The molecule has 0 saturated carbocycles. The Bertz CT molecular complexity index is 604. The summed E-state index contributed by atoms with van der Waals surface area (Å²) in [5.41, 5.74) is 0.958. The quantitative estimate of drug-likeness (QED) is 0.377. The number of nitrogens with zero attached hydrogens (tertiary/aromatic N) is 2. The van der Waals surface area contributed by atoms with Crippen LogP contribution in [-0.2, 0) is 0 Å². The number of piperidine rings is 1. The number of likely N-dealkylation sites (tertiary alicyclic amines) is 1. The third-order valence-electron chi connectivity index (χ3n) is 5.04. The van der Waals surface area contributed by atoms with E-state index in [1.165, 1.54) is 38.9 Å². The predicted molar refractivity (Wildman–Crippen MR) is 122 cm³/mol. The SMILES string of the molecule is CCCN1CCC(CNC(=NC)Nc2ccc3c(c2)OCCCO3)CC1.I. The number of halogens is 1. The van der Waals surface area contributed by atoms with Crippen molar-refractivity contribution < 1.29 is 9.47 Å². The summed E-state index contributed by atoms with van der Waals surface area (Å²) in [6, 6.07) is 5.94. The Morgan fingerprint density at radius 1 is 1.19 bits per heavy atom. The first-order chi connectivity index (χ1) is 12.8. The Morgan fingerprint density at radius 2 is 1.93 bits per heavy atom. The largest absolute Gasteiger partial charge is 0.490 e. The summed E-state index contributed by atoms with van der Waals surface area (Å²) in [5, 5.41) is 6.84. The minimum absolute atomic E-state index is 0. The van der Waals surface area contributed by atoms with Gasteiger partial charge in [0.2, 0.25) is 0 Å². The van der Waals surface area contributed by atoms with Crippen molar-refractivity contribution in [3.63, 3.8) is 0 Å². The van der Waals surface area contributed by atoms with Crippen molar-refractivity contribution in [3.8, 4) is 11.5 Å². The fourth-order valence-electron chi connectivity index (χ4n) is 3.53. The normalized spacial score (nSPS) is 18.4. The molecule has 0 aliphatic carbocycles.